The molecule has 182 valence electrons. The van der Waals surface area contributed by atoms with E-state index in [4.69, 9.17) is 9.84 Å². The Bertz CT molecular complexity index is 1230. The van der Waals surface area contributed by atoms with Gasteiger partial charge in [-0.2, -0.15) is 4.98 Å². The predicted molar refractivity (Wildman–Crippen MR) is 118 cm³/mol. The molecular formula is C20H24F2N8O4. The number of anilines is 2. The molecule has 3 heterocycles. The zero-order valence-electron chi connectivity index (χ0n) is 18.6. The minimum Gasteiger partial charge on any atom is -0.492 e. The van der Waals surface area contributed by atoms with Crippen LogP contribution in [-0.4, -0.2) is 81.4 Å². The van der Waals surface area contributed by atoms with Crippen LogP contribution in [0.2, 0.25) is 0 Å². The standard InChI is InChI=1S/C20H24F2N8O4/c1-11(19(32)33)23-3-8-34-12-9-13(21)16(14(22)10-12)29-4-6-30(7-5-29)20-24-17-15(18(31)25-20)26-27-28(17)2/h9-11,23H,3-8H2,1-2H3,(H,32,33)(H,24,25,31). The largest absolute Gasteiger partial charge is 0.492 e. The van der Waals surface area contributed by atoms with Crippen molar-refractivity contribution >= 4 is 28.8 Å². The van der Waals surface area contributed by atoms with E-state index in [0.29, 0.717) is 37.8 Å². The van der Waals surface area contributed by atoms with Crippen LogP contribution in [0.4, 0.5) is 20.4 Å². The summed E-state index contributed by atoms with van der Waals surface area (Å²) in [5, 5.41) is 19.1. The summed E-state index contributed by atoms with van der Waals surface area (Å²) in [5.74, 6) is -2.16. The van der Waals surface area contributed by atoms with Gasteiger partial charge in [0.05, 0.1) is 0 Å². The Labute approximate surface area is 192 Å². The van der Waals surface area contributed by atoms with Crippen molar-refractivity contribution in [1.82, 2.24) is 30.3 Å². The van der Waals surface area contributed by atoms with E-state index in [1.54, 1.807) is 11.9 Å². The lowest BCUT2D eigenvalue weighted by Gasteiger charge is -2.36. The molecule has 0 bridgehead atoms. The third-order valence-electron chi connectivity index (χ3n) is 5.53. The molecule has 1 unspecified atom stereocenters. The fraction of sp³-hybridized carbons (Fsp3) is 0.450. The highest BCUT2D eigenvalue weighted by Crippen LogP contribution is 2.29. The molecule has 2 aromatic heterocycles. The zero-order chi connectivity index (χ0) is 24.4. The molecule has 1 fully saturated rings. The predicted octanol–water partition coefficient (Wildman–Crippen LogP) is 0.0979. The average molecular weight is 478 g/mol. The number of piperazine rings is 1. The van der Waals surface area contributed by atoms with Crippen LogP contribution in [-0.2, 0) is 11.8 Å². The number of aliphatic carboxylic acids is 1. The van der Waals surface area contributed by atoms with E-state index in [1.165, 1.54) is 11.6 Å². The van der Waals surface area contributed by atoms with E-state index in [0.717, 1.165) is 12.1 Å². The number of aromatic amines is 1. The monoisotopic (exact) mass is 478 g/mol. The van der Waals surface area contributed by atoms with Crippen LogP contribution in [0.25, 0.3) is 11.2 Å². The summed E-state index contributed by atoms with van der Waals surface area (Å²) in [4.78, 5) is 33.5. The van der Waals surface area contributed by atoms with Crippen LogP contribution in [0.15, 0.2) is 16.9 Å². The maximum atomic E-state index is 14.8. The van der Waals surface area contributed by atoms with Gasteiger partial charge in [0.2, 0.25) is 5.95 Å². The number of aromatic nitrogens is 5. The maximum Gasteiger partial charge on any atom is 0.320 e. The first-order chi connectivity index (χ1) is 16.2. The molecule has 4 rings (SSSR count). The molecule has 0 radical (unpaired) electrons. The minimum absolute atomic E-state index is 0.0158. The van der Waals surface area contributed by atoms with Crippen LogP contribution in [0.1, 0.15) is 6.92 Å². The van der Waals surface area contributed by atoms with Gasteiger partial charge in [-0.3, -0.25) is 14.6 Å². The minimum atomic E-state index is -1.00. The Morgan fingerprint density at radius 3 is 2.53 bits per heavy atom. The maximum absolute atomic E-state index is 14.8. The molecule has 1 aliphatic rings. The van der Waals surface area contributed by atoms with Gasteiger partial charge in [0.25, 0.3) is 5.56 Å². The third-order valence-corrected chi connectivity index (χ3v) is 5.53. The van der Waals surface area contributed by atoms with Gasteiger partial charge >= 0.3 is 5.97 Å². The average Bonchev–Trinajstić information content (AvgIpc) is 3.18. The van der Waals surface area contributed by atoms with Crippen molar-refractivity contribution in [1.29, 1.82) is 0 Å². The van der Waals surface area contributed by atoms with Gasteiger partial charge in [0, 0.05) is 51.9 Å². The lowest BCUT2D eigenvalue weighted by Crippen LogP contribution is -2.48. The molecular weight excluding hydrogens is 454 g/mol. The molecule has 0 amide bonds. The Morgan fingerprint density at radius 1 is 1.24 bits per heavy atom. The summed E-state index contributed by atoms with van der Waals surface area (Å²) in [6.45, 7) is 3.10. The number of H-pyrrole nitrogens is 1. The topological polar surface area (TPSA) is 141 Å². The number of fused-ring (bicyclic) bond motifs is 1. The van der Waals surface area contributed by atoms with Crippen LogP contribution >= 0.6 is 0 Å². The summed E-state index contributed by atoms with van der Waals surface area (Å²) >= 11 is 0. The first-order valence-electron chi connectivity index (χ1n) is 10.6. The molecule has 3 aromatic rings. The van der Waals surface area contributed by atoms with Crippen molar-refractivity contribution in [2.45, 2.75) is 13.0 Å². The van der Waals surface area contributed by atoms with Gasteiger partial charge in [-0.15, -0.1) is 5.10 Å². The summed E-state index contributed by atoms with van der Waals surface area (Å²) < 4.78 is 36.3. The highest BCUT2D eigenvalue weighted by Gasteiger charge is 2.25. The summed E-state index contributed by atoms with van der Waals surface area (Å²) in [6, 6.07) is 1.45. The first kappa shape index (κ1) is 23.4. The second kappa shape index (κ2) is 9.59. The van der Waals surface area contributed by atoms with E-state index in [-0.39, 0.29) is 30.1 Å². The number of hydrogen-bond donors (Lipinski definition) is 3. The fourth-order valence-corrected chi connectivity index (χ4v) is 3.66. The number of rotatable bonds is 8. The van der Waals surface area contributed by atoms with E-state index in [9.17, 15) is 18.4 Å². The number of aryl methyl sites for hydroxylation is 1. The molecule has 1 saturated heterocycles. The Hall–Kier alpha value is -3.81. The molecule has 0 saturated carbocycles. The molecule has 14 heteroatoms. The number of ether oxygens (including phenoxy) is 1. The molecule has 1 atom stereocenters. The molecule has 0 aliphatic carbocycles. The smallest absolute Gasteiger partial charge is 0.320 e. The second-order valence-electron chi connectivity index (χ2n) is 7.85. The van der Waals surface area contributed by atoms with Crippen molar-refractivity contribution in [3.63, 3.8) is 0 Å². The first-order valence-corrected chi connectivity index (χ1v) is 10.6. The van der Waals surface area contributed by atoms with E-state index >= 15 is 0 Å². The SMILES string of the molecule is CC(NCCOc1cc(F)c(N2CCN(c3nc4c(nnn4C)c(=O)[nH]3)CC2)c(F)c1)C(=O)O. The molecule has 3 N–H and O–H groups in total. The lowest BCUT2D eigenvalue weighted by molar-refractivity contribution is -0.139. The molecule has 34 heavy (non-hydrogen) atoms. The number of halogens is 2. The molecule has 1 aromatic carbocycles. The number of carboxylic acids is 1. The Morgan fingerprint density at radius 2 is 1.88 bits per heavy atom. The quantitative estimate of drug-likeness (QED) is 0.382. The highest BCUT2D eigenvalue weighted by atomic mass is 19.1. The van der Waals surface area contributed by atoms with Gasteiger partial charge in [0.1, 0.15) is 24.1 Å². The third kappa shape index (κ3) is 4.76. The van der Waals surface area contributed by atoms with Crippen LogP contribution in [0.3, 0.4) is 0 Å². The fourth-order valence-electron chi connectivity index (χ4n) is 3.66. The van der Waals surface area contributed by atoms with Gasteiger partial charge in [-0.05, 0) is 6.92 Å². The Balaban J connectivity index is 1.39. The highest BCUT2D eigenvalue weighted by molar-refractivity contribution is 5.72. The number of carboxylic acid groups (broad SMARTS) is 1. The van der Waals surface area contributed by atoms with Crippen LogP contribution in [0, 0.1) is 11.6 Å². The van der Waals surface area contributed by atoms with Crippen LogP contribution < -0.4 is 25.4 Å². The number of hydrogen-bond acceptors (Lipinski definition) is 9. The van der Waals surface area contributed by atoms with Crippen molar-refractivity contribution in [3.05, 3.63) is 34.1 Å². The van der Waals surface area contributed by atoms with Crippen LogP contribution in [0.5, 0.6) is 5.75 Å². The van der Waals surface area contributed by atoms with Crippen molar-refractivity contribution in [2.24, 2.45) is 7.05 Å². The molecule has 0 spiro atoms. The van der Waals surface area contributed by atoms with Crippen molar-refractivity contribution in [3.8, 4) is 5.75 Å². The number of benzene rings is 1. The van der Waals surface area contributed by atoms with Crippen molar-refractivity contribution < 1.29 is 23.4 Å². The normalized spacial score (nSPS) is 15.1. The number of nitrogens with one attached hydrogen (secondary N) is 2. The summed E-state index contributed by atoms with van der Waals surface area (Å²) in [6.07, 6.45) is 0. The summed E-state index contributed by atoms with van der Waals surface area (Å²) in [5.41, 5.74) is -0.0711. The zero-order valence-corrected chi connectivity index (χ0v) is 18.6. The van der Waals surface area contributed by atoms with Gasteiger partial charge in [-0.25, -0.2) is 13.5 Å². The summed E-state index contributed by atoms with van der Waals surface area (Å²) in [7, 11) is 1.63. The van der Waals surface area contributed by atoms with E-state index in [2.05, 4.69) is 25.6 Å². The molecule has 12 nitrogen and oxygen atoms in total. The van der Waals surface area contributed by atoms with E-state index in [1.807, 2.05) is 4.90 Å². The van der Waals surface area contributed by atoms with Gasteiger partial charge in [-0.1, -0.05) is 5.21 Å². The number of carbonyl (C=O) groups is 1. The second-order valence-corrected chi connectivity index (χ2v) is 7.85. The van der Waals surface area contributed by atoms with Gasteiger partial charge in [0.15, 0.2) is 22.8 Å². The number of nitrogens with zero attached hydrogens (tertiary/aromatic N) is 6. The van der Waals surface area contributed by atoms with Gasteiger partial charge < -0.3 is 25.0 Å². The Kier molecular flexibility index (Phi) is 6.58. The van der Waals surface area contributed by atoms with Crippen molar-refractivity contribution in [2.75, 3.05) is 49.1 Å². The molecule has 1 aliphatic heterocycles. The lowest BCUT2D eigenvalue weighted by atomic mass is 10.2. The van der Waals surface area contributed by atoms with E-state index < -0.39 is 29.2 Å².